The Kier molecular flexibility index (Phi) is 3.56. The van der Waals surface area contributed by atoms with E-state index in [-0.39, 0.29) is 23.7 Å². The maximum Gasteiger partial charge on any atom is 0.354 e. The molecule has 2 aromatic rings. The Bertz CT molecular complexity index is 604. The lowest BCUT2D eigenvalue weighted by Gasteiger charge is -2.02. The zero-order valence-corrected chi connectivity index (χ0v) is 10.1. The zero-order valence-electron chi connectivity index (χ0n) is 10.1. The molecule has 0 saturated carbocycles. The number of aromatic nitrogens is 2. The van der Waals surface area contributed by atoms with E-state index >= 15 is 0 Å². The highest BCUT2D eigenvalue weighted by Crippen LogP contribution is 2.03. The van der Waals surface area contributed by atoms with E-state index < -0.39 is 5.97 Å². The number of nitrogens with zero attached hydrogens (tertiary/aromatic N) is 2. The molecule has 0 saturated heterocycles. The second-order valence-electron chi connectivity index (χ2n) is 3.85. The van der Waals surface area contributed by atoms with Crippen molar-refractivity contribution in [3.05, 3.63) is 47.1 Å². The molecule has 0 radical (unpaired) electrons. The van der Waals surface area contributed by atoms with Gasteiger partial charge in [0, 0.05) is 12.3 Å². The number of carbonyl (C=O) groups excluding carboxylic acids is 1. The van der Waals surface area contributed by atoms with Gasteiger partial charge in [-0.2, -0.15) is 0 Å². The van der Waals surface area contributed by atoms with Gasteiger partial charge in [0.15, 0.2) is 0 Å². The van der Waals surface area contributed by atoms with Crippen molar-refractivity contribution in [3.8, 4) is 0 Å². The standard InChI is InChI=1S/C12H11N3O4/c1-7-4-9(15-19-7)6-14-11(16)8-2-3-10(12(17)18)13-5-8/h2-5H,6H2,1H3,(H,14,16)(H,17,18). The van der Waals surface area contributed by atoms with E-state index in [1.54, 1.807) is 13.0 Å². The smallest absolute Gasteiger partial charge is 0.354 e. The van der Waals surface area contributed by atoms with Gasteiger partial charge in [-0.05, 0) is 19.1 Å². The van der Waals surface area contributed by atoms with Gasteiger partial charge in [-0.25, -0.2) is 9.78 Å². The van der Waals surface area contributed by atoms with Crippen LogP contribution in [0.1, 0.15) is 32.3 Å². The molecular formula is C12H11N3O4. The van der Waals surface area contributed by atoms with Crippen LogP contribution in [-0.2, 0) is 6.54 Å². The summed E-state index contributed by atoms with van der Waals surface area (Å²) < 4.78 is 4.87. The molecule has 19 heavy (non-hydrogen) atoms. The Morgan fingerprint density at radius 2 is 2.21 bits per heavy atom. The third-order valence-corrected chi connectivity index (χ3v) is 2.35. The minimum atomic E-state index is -1.13. The second kappa shape index (κ2) is 5.30. The fourth-order valence-corrected chi connectivity index (χ4v) is 1.43. The maximum absolute atomic E-state index is 11.7. The number of carboxylic acids is 1. The highest BCUT2D eigenvalue weighted by Gasteiger charge is 2.09. The Morgan fingerprint density at radius 3 is 2.74 bits per heavy atom. The molecule has 0 bridgehead atoms. The number of nitrogens with one attached hydrogen (secondary N) is 1. The van der Waals surface area contributed by atoms with Crippen LogP contribution in [0.2, 0.25) is 0 Å². The van der Waals surface area contributed by atoms with Crippen LogP contribution in [0, 0.1) is 6.92 Å². The van der Waals surface area contributed by atoms with Gasteiger partial charge in [-0.15, -0.1) is 0 Å². The van der Waals surface area contributed by atoms with Gasteiger partial charge in [0.05, 0.1) is 12.1 Å². The summed E-state index contributed by atoms with van der Waals surface area (Å²) in [6.07, 6.45) is 1.22. The molecule has 0 atom stereocenters. The summed E-state index contributed by atoms with van der Waals surface area (Å²) in [5.74, 6) is -0.827. The highest BCUT2D eigenvalue weighted by atomic mass is 16.5. The molecule has 0 fully saturated rings. The maximum atomic E-state index is 11.7. The van der Waals surface area contributed by atoms with Crippen LogP contribution >= 0.6 is 0 Å². The summed E-state index contributed by atoms with van der Waals surface area (Å²) in [7, 11) is 0. The molecule has 0 aromatic carbocycles. The number of carbonyl (C=O) groups is 2. The van der Waals surface area contributed by atoms with Crippen LogP contribution in [-0.4, -0.2) is 27.1 Å². The van der Waals surface area contributed by atoms with E-state index in [9.17, 15) is 9.59 Å². The number of rotatable bonds is 4. The number of amides is 1. The lowest BCUT2D eigenvalue weighted by Crippen LogP contribution is -2.23. The lowest BCUT2D eigenvalue weighted by atomic mass is 10.2. The van der Waals surface area contributed by atoms with E-state index in [1.807, 2.05) is 0 Å². The number of carboxylic acid groups (broad SMARTS) is 1. The van der Waals surface area contributed by atoms with E-state index in [4.69, 9.17) is 9.63 Å². The first-order valence-electron chi connectivity index (χ1n) is 5.46. The number of aromatic carboxylic acids is 1. The molecule has 0 aliphatic carbocycles. The van der Waals surface area contributed by atoms with E-state index in [1.165, 1.54) is 18.3 Å². The highest BCUT2D eigenvalue weighted by molar-refractivity contribution is 5.94. The topological polar surface area (TPSA) is 105 Å². The van der Waals surface area contributed by atoms with Gasteiger partial charge in [-0.3, -0.25) is 4.79 Å². The number of hydrogen-bond donors (Lipinski definition) is 2. The fraction of sp³-hybridized carbons (Fsp3) is 0.167. The fourth-order valence-electron chi connectivity index (χ4n) is 1.43. The van der Waals surface area contributed by atoms with Crippen molar-refractivity contribution in [2.45, 2.75) is 13.5 Å². The molecule has 2 rings (SSSR count). The van der Waals surface area contributed by atoms with Crippen molar-refractivity contribution in [1.82, 2.24) is 15.5 Å². The van der Waals surface area contributed by atoms with Crippen LogP contribution in [0.3, 0.4) is 0 Å². The molecule has 1 amide bonds. The van der Waals surface area contributed by atoms with Crippen LogP contribution < -0.4 is 5.32 Å². The molecule has 0 aliphatic rings. The van der Waals surface area contributed by atoms with Crippen LogP contribution in [0.25, 0.3) is 0 Å². The van der Waals surface area contributed by atoms with Gasteiger partial charge in [-0.1, -0.05) is 5.16 Å². The van der Waals surface area contributed by atoms with Crippen molar-refractivity contribution in [3.63, 3.8) is 0 Å². The summed E-state index contributed by atoms with van der Waals surface area (Å²) >= 11 is 0. The molecule has 0 aliphatic heterocycles. The van der Waals surface area contributed by atoms with Crippen molar-refractivity contribution >= 4 is 11.9 Å². The zero-order chi connectivity index (χ0) is 13.8. The SMILES string of the molecule is Cc1cc(CNC(=O)c2ccc(C(=O)O)nc2)no1. The van der Waals surface area contributed by atoms with Crippen LogP contribution in [0.15, 0.2) is 28.9 Å². The van der Waals surface area contributed by atoms with Gasteiger partial charge >= 0.3 is 5.97 Å². The molecule has 2 aromatic heterocycles. The molecule has 2 heterocycles. The predicted octanol–water partition coefficient (Wildman–Crippen LogP) is 1.01. The quantitative estimate of drug-likeness (QED) is 0.850. The van der Waals surface area contributed by atoms with E-state index in [0.717, 1.165) is 0 Å². The van der Waals surface area contributed by atoms with Crippen molar-refractivity contribution in [2.24, 2.45) is 0 Å². The Hall–Kier alpha value is -2.70. The first-order valence-corrected chi connectivity index (χ1v) is 5.46. The molecule has 7 nitrogen and oxygen atoms in total. The Balaban J connectivity index is 1.98. The minimum Gasteiger partial charge on any atom is -0.477 e. The van der Waals surface area contributed by atoms with E-state index in [0.29, 0.717) is 11.5 Å². The first-order chi connectivity index (χ1) is 9.06. The number of aryl methyl sites for hydroxylation is 1. The van der Waals surface area contributed by atoms with Gasteiger partial charge in [0.25, 0.3) is 5.91 Å². The normalized spacial score (nSPS) is 10.2. The molecule has 2 N–H and O–H groups in total. The molecular weight excluding hydrogens is 250 g/mol. The van der Waals surface area contributed by atoms with Crippen molar-refractivity contribution < 1.29 is 19.2 Å². The van der Waals surface area contributed by atoms with Crippen molar-refractivity contribution in [2.75, 3.05) is 0 Å². The van der Waals surface area contributed by atoms with Crippen molar-refractivity contribution in [1.29, 1.82) is 0 Å². The minimum absolute atomic E-state index is 0.108. The predicted molar refractivity (Wildman–Crippen MR) is 63.6 cm³/mol. The van der Waals surface area contributed by atoms with Crippen LogP contribution in [0.4, 0.5) is 0 Å². The first kappa shape index (κ1) is 12.7. The number of hydrogen-bond acceptors (Lipinski definition) is 5. The third kappa shape index (κ3) is 3.15. The van der Waals surface area contributed by atoms with E-state index in [2.05, 4.69) is 15.5 Å². The van der Waals surface area contributed by atoms with Gasteiger partial charge in [0.2, 0.25) is 0 Å². The van der Waals surface area contributed by atoms with Crippen LogP contribution in [0.5, 0.6) is 0 Å². The average molecular weight is 261 g/mol. The third-order valence-electron chi connectivity index (χ3n) is 2.35. The number of pyridine rings is 1. The Morgan fingerprint density at radius 1 is 1.42 bits per heavy atom. The summed E-state index contributed by atoms with van der Waals surface area (Å²) in [6, 6.07) is 4.39. The summed E-state index contributed by atoms with van der Waals surface area (Å²) in [4.78, 5) is 26.0. The molecule has 0 spiro atoms. The van der Waals surface area contributed by atoms with Gasteiger partial charge < -0.3 is 14.9 Å². The second-order valence-corrected chi connectivity index (χ2v) is 3.85. The monoisotopic (exact) mass is 261 g/mol. The molecule has 7 heteroatoms. The summed E-state index contributed by atoms with van der Waals surface area (Å²) in [6.45, 7) is 1.99. The largest absolute Gasteiger partial charge is 0.477 e. The molecule has 0 unspecified atom stereocenters. The molecule has 98 valence electrons. The van der Waals surface area contributed by atoms with Gasteiger partial charge in [0.1, 0.15) is 17.1 Å². The average Bonchev–Trinajstić information content (AvgIpc) is 2.82. The summed E-state index contributed by atoms with van der Waals surface area (Å²) in [5, 5.41) is 15.1. The summed E-state index contributed by atoms with van der Waals surface area (Å²) in [5.41, 5.74) is 0.787. The lowest BCUT2D eigenvalue weighted by molar-refractivity contribution is 0.0689. The Labute approximate surface area is 108 Å².